The van der Waals surface area contributed by atoms with E-state index in [0.29, 0.717) is 0 Å². The van der Waals surface area contributed by atoms with Crippen LogP contribution in [-0.2, 0) is 6.42 Å². The predicted molar refractivity (Wildman–Crippen MR) is 79.1 cm³/mol. The Labute approximate surface area is 111 Å². The van der Waals surface area contributed by atoms with Crippen LogP contribution in [-0.4, -0.2) is 19.1 Å². The highest BCUT2D eigenvalue weighted by Gasteiger charge is 2.22. The number of nitrogens with zero attached hydrogens (tertiary/aromatic N) is 1. The van der Waals surface area contributed by atoms with Crippen molar-refractivity contribution in [1.82, 2.24) is 0 Å². The molecule has 2 heteroatoms. The minimum Gasteiger partial charge on any atom is -0.371 e. The molecule has 1 fully saturated rings. The molecule has 0 aliphatic carbocycles. The fraction of sp³-hybridized carbons (Fsp3) is 0.625. The largest absolute Gasteiger partial charge is 0.371 e. The number of rotatable bonds is 4. The molecule has 18 heavy (non-hydrogen) atoms. The lowest BCUT2D eigenvalue weighted by Crippen LogP contribution is -2.21. The molecule has 2 N–H and O–H groups in total. The number of aryl methyl sites for hydroxylation is 1. The first-order chi connectivity index (χ1) is 8.60. The molecule has 1 aromatic rings. The molecule has 0 saturated carbocycles. The van der Waals surface area contributed by atoms with E-state index in [9.17, 15) is 0 Å². The van der Waals surface area contributed by atoms with Gasteiger partial charge in [0.2, 0.25) is 0 Å². The molecule has 2 unspecified atom stereocenters. The number of hydrogen-bond donors (Lipinski definition) is 1. The van der Waals surface area contributed by atoms with Crippen LogP contribution in [0.4, 0.5) is 5.69 Å². The van der Waals surface area contributed by atoms with Gasteiger partial charge in [-0.1, -0.05) is 25.5 Å². The van der Waals surface area contributed by atoms with Gasteiger partial charge >= 0.3 is 0 Å². The molecule has 1 heterocycles. The maximum atomic E-state index is 5.86. The van der Waals surface area contributed by atoms with Gasteiger partial charge in [-0.3, -0.25) is 0 Å². The van der Waals surface area contributed by atoms with Crippen LogP contribution in [0.1, 0.15) is 37.8 Å². The zero-order valence-electron chi connectivity index (χ0n) is 11.9. The Bertz CT molecular complexity index is 398. The Kier molecular flexibility index (Phi) is 4.28. The van der Waals surface area contributed by atoms with Gasteiger partial charge in [0.15, 0.2) is 0 Å². The molecule has 1 saturated heterocycles. The van der Waals surface area contributed by atoms with Crippen molar-refractivity contribution >= 4 is 5.69 Å². The van der Waals surface area contributed by atoms with E-state index in [-0.39, 0.29) is 6.04 Å². The second-order valence-electron chi connectivity index (χ2n) is 5.81. The minimum absolute atomic E-state index is 0.242. The Morgan fingerprint density at radius 3 is 2.78 bits per heavy atom. The number of nitrogens with two attached hydrogens (primary N) is 1. The Morgan fingerprint density at radius 1 is 1.44 bits per heavy atom. The molecule has 1 aliphatic rings. The first-order valence-corrected chi connectivity index (χ1v) is 7.20. The molecule has 0 bridgehead atoms. The monoisotopic (exact) mass is 246 g/mol. The van der Waals surface area contributed by atoms with Crippen LogP contribution in [0.2, 0.25) is 0 Å². The van der Waals surface area contributed by atoms with Crippen LogP contribution in [0, 0.1) is 12.8 Å². The van der Waals surface area contributed by atoms with Crippen molar-refractivity contribution in [3.05, 3.63) is 29.3 Å². The summed E-state index contributed by atoms with van der Waals surface area (Å²) >= 11 is 0. The third-order valence-corrected chi connectivity index (χ3v) is 4.02. The highest BCUT2D eigenvalue weighted by Crippen LogP contribution is 2.28. The predicted octanol–water partition coefficient (Wildman–Crippen LogP) is 3.12. The molecule has 0 aromatic heterocycles. The third kappa shape index (κ3) is 3.05. The topological polar surface area (TPSA) is 29.3 Å². The summed E-state index contributed by atoms with van der Waals surface area (Å²) < 4.78 is 0. The molecule has 1 aromatic carbocycles. The van der Waals surface area contributed by atoms with Gasteiger partial charge in [0, 0.05) is 24.8 Å². The zero-order chi connectivity index (χ0) is 13.1. The van der Waals surface area contributed by atoms with E-state index in [1.54, 1.807) is 0 Å². The summed E-state index contributed by atoms with van der Waals surface area (Å²) in [7, 11) is 0. The molecule has 2 nitrogen and oxygen atoms in total. The summed E-state index contributed by atoms with van der Waals surface area (Å²) in [4.78, 5) is 2.54. The molecule has 100 valence electrons. The zero-order valence-corrected chi connectivity index (χ0v) is 11.9. The first-order valence-electron chi connectivity index (χ1n) is 7.20. The van der Waals surface area contributed by atoms with Crippen LogP contribution in [0.3, 0.4) is 0 Å². The van der Waals surface area contributed by atoms with Crippen LogP contribution >= 0.6 is 0 Å². The van der Waals surface area contributed by atoms with E-state index in [0.717, 1.165) is 12.3 Å². The average Bonchev–Trinajstić information content (AvgIpc) is 2.76. The number of hydrogen-bond acceptors (Lipinski definition) is 2. The lowest BCUT2D eigenvalue weighted by molar-refractivity contribution is 0.569. The molecular weight excluding hydrogens is 220 g/mol. The molecule has 1 aliphatic heterocycles. The highest BCUT2D eigenvalue weighted by molar-refractivity contribution is 5.55. The van der Waals surface area contributed by atoms with Crippen molar-refractivity contribution in [2.45, 2.75) is 46.1 Å². The van der Waals surface area contributed by atoms with Gasteiger partial charge in [-0.2, -0.15) is 0 Å². The van der Waals surface area contributed by atoms with E-state index >= 15 is 0 Å². The maximum absolute atomic E-state index is 5.86. The van der Waals surface area contributed by atoms with Gasteiger partial charge < -0.3 is 10.6 Å². The van der Waals surface area contributed by atoms with Gasteiger partial charge in [-0.25, -0.2) is 0 Å². The molecule has 2 rings (SSSR count). The fourth-order valence-corrected chi connectivity index (χ4v) is 2.96. The van der Waals surface area contributed by atoms with E-state index in [1.807, 2.05) is 0 Å². The molecule has 2 atom stereocenters. The van der Waals surface area contributed by atoms with Crippen LogP contribution in [0.25, 0.3) is 0 Å². The SMILES string of the molecule is CCC1CCN(c2ccc(CC(C)N)cc2C)C1. The summed E-state index contributed by atoms with van der Waals surface area (Å²) in [5, 5.41) is 0. The molecule has 0 radical (unpaired) electrons. The van der Waals surface area contributed by atoms with Crippen molar-refractivity contribution in [2.75, 3.05) is 18.0 Å². The van der Waals surface area contributed by atoms with Crippen molar-refractivity contribution < 1.29 is 0 Å². The smallest absolute Gasteiger partial charge is 0.0396 e. The van der Waals surface area contributed by atoms with Crippen molar-refractivity contribution in [1.29, 1.82) is 0 Å². The van der Waals surface area contributed by atoms with E-state index in [2.05, 4.69) is 43.9 Å². The second-order valence-corrected chi connectivity index (χ2v) is 5.81. The maximum Gasteiger partial charge on any atom is 0.0396 e. The second kappa shape index (κ2) is 5.75. The summed E-state index contributed by atoms with van der Waals surface area (Å²) in [6.07, 6.45) is 3.62. The lowest BCUT2D eigenvalue weighted by Gasteiger charge is -2.21. The standard InChI is InChI=1S/C16H26N2/c1-4-14-7-8-18(11-14)16-6-5-15(9-12(16)2)10-13(3)17/h5-6,9,13-14H,4,7-8,10-11,17H2,1-3H3. The summed E-state index contributed by atoms with van der Waals surface area (Å²) in [6.45, 7) is 9.03. The Morgan fingerprint density at radius 2 is 2.22 bits per heavy atom. The quantitative estimate of drug-likeness (QED) is 0.884. The summed E-state index contributed by atoms with van der Waals surface area (Å²) in [5.74, 6) is 0.883. The number of anilines is 1. The molecule has 0 spiro atoms. The van der Waals surface area contributed by atoms with Crippen LogP contribution in [0.5, 0.6) is 0 Å². The Balaban J connectivity index is 2.10. The van der Waals surface area contributed by atoms with E-state index in [4.69, 9.17) is 5.73 Å². The van der Waals surface area contributed by atoms with Gasteiger partial charge in [0.25, 0.3) is 0 Å². The lowest BCUT2D eigenvalue weighted by atomic mass is 10.0. The van der Waals surface area contributed by atoms with Gasteiger partial charge in [-0.15, -0.1) is 0 Å². The summed E-state index contributed by atoms with van der Waals surface area (Å²) in [6, 6.07) is 7.07. The minimum atomic E-state index is 0.242. The molecular formula is C16H26N2. The first kappa shape index (κ1) is 13.4. The van der Waals surface area contributed by atoms with Gasteiger partial charge in [-0.05, 0) is 49.8 Å². The van der Waals surface area contributed by atoms with E-state index < -0.39 is 0 Å². The molecule has 0 amide bonds. The van der Waals surface area contributed by atoms with Crippen molar-refractivity contribution in [2.24, 2.45) is 11.7 Å². The van der Waals surface area contributed by atoms with Gasteiger partial charge in [0.1, 0.15) is 0 Å². The van der Waals surface area contributed by atoms with Gasteiger partial charge in [0.05, 0.1) is 0 Å². The van der Waals surface area contributed by atoms with Crippen molar-refractivity contribution in [3.8, 4) is 0 Å². The highest BCUT2D eigenvalue weighted by atomic mass is 15.2. The van der Waals surface area contributed by atoms with Crippen LogP contribution in [0.15, 0.2) is 18.2 Å². The number of benzene rings is 1. The van der Waals surface area contributed by atoms with Crippen LogP contribution < -0.4 is 10.6 Å². The van der Waals surface area contributed by atoms with Crippen molar-refractivity contribution in [3.63, 3.8) is 0 Å². The Hall–Kier alpha value is -1.02. The third-order valence-electron chi connectivity index (χ3n) is 4.02. The normalized spacial score (nSPS) is 21.3. The summed E-state index contributed by atoms with van der Waals surface area (Å²) in [5.41, 5.74) is 10.0. The average molecular weight is 246 g/mol. The van der Waals surface area contributed by atoms with E-state index in [1.165, 1.54) is 42.7 Å². The fourth-order valence-electron chi connectivity index (χ4n) is 2.96.